The Hall–Kier alpha value is -0.190. The van der Waals surface area contributed by atoms with Crippen molar-refractivity contribution in [2.45, 2.75) is 44.5 Å². The lowest BCUT2D eigenvalue weighted by Gasteiger charge is -2.26. The van der Waals surface area contributed by atoms with Crippen molar-refractivity contribution in [1.29, 1.82) is 0 Å². The number of allylic oxidation sites excluding steroid dienone is 1. The van der Waals surface area contributed by atoms with E-state index in [1.165, 1.54) is 0 Å². The Labute approximate surface area is 89.2 Å². The van der Waals surface area contributed by atoms with Crippen LogP contribution in [0.25, 0.3) is 0 Å². The average molecular weight is 217 g/mol. The van der Waals surface area contributed by atoms with E-state index in [1.54, 1.807) is 6.26 Å². The van der Waals surface area contributed by atoms with Crippen LogP contribution in [-0.2, 0) is 16.1 Å². The molecule has 0 amide bonds. The van der Waals surface area contributed by atoms with E-state index in [4.69, 9.17) is 4.74 Å². The predicted octanol–water partition coefficient (Wildman–Crippen LogP) is 1.73. The van der Waals surface area contributed by atoms with E-state index in [9.17, 15) is 4.55 Å². The van der Waals surface area contributed by atoms with E-state index in [0.717, 1.165) is 12.8 Å². The highest BCUT2D eigenvalue weighted by atomic mass is 32.2. The maximum atomic E-state index is 11.6. The second kappa shape index (κ2) is 5.05. The largest absolute Gasteiger partial charge is 0.598 e. The molecule has 0 saturated heterocycles. The van der Waals surface area contributed by atoms with Crippen molar-refractivity contribution in [3.8, 4) is 0 Å². The van der Waals surface area contributed by atoms with E-state index in [1.807, 2.05) is 26.8 Å². The van der Waals surface area contributed by atoms with Gasteiger partial charge in [0.1, 0.15) is 10.9 Å². The molecule has 0 aliphatic carbocycles. The van der Waals surface area contributed by atoms with Gasteiger partial charge in [0.25, 0.3) is 0 Å². The van der Waals surface area contributed by atoms with Gasteiger partial charge in [-0.2, -0.15) is 0 Å². The molecule has 3 nitrogen and oxygen atoms in total. The molecular formula is C10H19NO2S. The van der Waals surface area contributed by atoms with E-state index < -0.39 is 11.4 Å². The van der Waals surface area contributed by atoms with Gasteiger partial charge >= 0.3 is 0 Å². The zero-order chi connectivity index (χ0) is 10.6. The van der Waals surface area contributed by atoms with Crippen molar-refractivity contribution in [2.75, 3.05) is 6.54 Å². The summed E-state index contributed by atoms with van der Waals surface area (Å²) in [6.07, 6.45) is 5.97. The summed E-state index contributed by atoms with van der Waals surface area (Å²) in [7, 11) is 0. The zero-order valence-electron chi connectivity index (χ0n) is 9.08. The number of nitrogens with one attached hydrogen (secondary N) is 1. The van der Waals surface area contributed by atoms with Gasteiger partial charge in [-0.05, 0) is 39.7 Å². The summed E-state index contributed by atoms with van der Waals surface area (Å²) in [5.74, 6) is 0. The Morgan fingerprint density at radius 2 is 2.29 bits per heavy atom. The molecule has 0 aromatic rings. The Bertz CT molecular complexity index is 201. The molecule has 0 aromatic carbocycles. The molecule has 0 bridgehead atoms. The van der Waals surface area contributed by atoms with Crippen LogP contribution in [-0.4, -0.2) is 21.9 Å². The zero-order valence-corrected chi connectivity index (χ0v) is 9.89. The van der Waals surface area contributed by atoms with Crippen LogP contribution in [0.15, 0.2) is 12.3 Å². The van der Waals surface area contributed by atoms with E-state index >= 15 is 0 Å². The fourth-order valence-corrected chi connectivity index (χ4v) is 1.89. The highest BCUT2D eigenvalue weighted by molar-refractivity contribution is 7.90. The first kappa shape index (κ1) is 11.9. The van der Waals surface area contributed by atoms with Crippen LogP contribution >= 0.6 is 0 Å². The molecule has 1 N–H and O–H groups in total. The lowest BCUT2D eigenvalue weighted by Crippen LogP contribution is -2.43. The molecular weight excluding hydrogens is 198 g/mol. The second-order valence-electron chi connectivity index (χ2n) is 4.44. The van der Waals surface area contributed by atoms with E-state index in [-0.39, 0.29) is 10.9 Å². The molecule has 14 heavy (non-hydrogen) atoms. The quantitative estimate of drug-likeness (QED) is 0.732. The minimum Gasteiger partial charge on any atom is -0.598 e. The minimum atomic E-state index is -0.993. The third kappa shape index (κ3) is 3.90. The van der Waals surface area contributed by atoms with Gasteiger partial charge in [-0.1, -0.05) is 0 Å². The number of ether oxygens (including phenoxy) is 1. The van der Waals surface area contributed by atoms with E-state index in [2.05, 4.69) is 4.72 Å². The molecule has 1 aliphatic heterocycles. The summed E-state index contributed by atoms with van der Waals surface area (Å²) in [4.78, 5) is 0. The van der Waals surface area contributed by atoms with Crippen LogP contribution in [0.3, 0.4) is 0 Å². The van der Waals surface area contributed by atoms with Crippen molar-refractivity contribution in [3.05, 3.63) is 12.3 Å². The van der Waals surface area contributed by atoms with Gasteiger partial charge < -0.3 is 9.29 Å². The average Bonchev–Trinajstić information content (AvgIpc) is 2.14. The molecule has 0 aromatic heterocycles. The third-order valence-electron chi connectivity index (χ3n) is 2.02. The first-order valence-electron chi connectivity index (χ1n) is 4.96. The van der Waals surface area contributed by atoms with Crippen molar-refractivity contribution in [1.82, 2.24) is 4.72 Å². The smallest absolute Gasteiger partial charge is 0.136 e. The van der Waals surface area contributed by atoms with Gasteiger partial charge in [0.2, 0.25) is 0 Å². The first-order valence-corrected chi connectivity index (χ1v) is 6.11. The maximum Gasteiger partial charge on any atom is 0.136 e. The number of rotatable bonds is 3. The third-order valence-corrected chi connectivity index (χ3v) is 3.56. The molecule has 2 atom stereocenters. The summed E-state index contributed by atoms with van der Waals surface area (Å²) < 4.78 is 19.8. The summed E-state index contributed by atoms with van der Waals surface area (Å²) in [5.41, 5.74) is 0. The van der Waals surface area contributed by atoms with Crippen LogP contribution < -0.4 is 4.72 Å². The van der Waals surface area contributed by atoms with Crippen molar-refractivity contribution in [3.63, 3.8) is 0 Å². The lowest BCUT2D eigenvalue weighted by molar-refractivity contribution is 0.127. The van der Waals surface area contributed by atoms with Crippen molar-refractivity contribution in [2.24, 2.45) is 0 Å². The summed E-state index contributed by atoms with van der Waals surface area (Å²) in [6.45, 7) is 6.53. The normalized spacial score (nSPS) is 24.4. The van der Waals surface area contributed by atoms with E-state index in [0.29, 0.717) is 6.54 Å². The van der Waals surface area contributed by atoms with Crippen LogP contribution in [0, 0.1) is 0 Å². The van der Waals surface area contributed by atoms with Gasteiger partial charge in [-0.15, -0.1) is 4.72 Å². The summed E-state index contributed by atoms with van der Waals surface area (Å²) >= 11 is -0.993. The van der Waals surface area contributed by atoms with Crippen LogP contribution in [0.2, 0.25) is 0 Å². The Balaban J connectivity index is 2.23. The molecule has 0 radical (unpaired) electrons. The monoisotopic (exact) mass is 217 g/mol. The van der Waals surface area contributed by atoms with Crippen LogP contribution in [0.4, 0.5) is 0 Å². The molecule has 1 aliphatic rings. The molecule has 4 heteroatoms. The van der Waals surface area contributed by atoms with Crippen molar-refractivity contribution < 1.29 is 9.29 Å². The first-order chi connectivity index (χ1) is 6.50. The molecule has 0 spiro atoms. The highest BCUT2D eigenvalue weighted by Crippen LogP contribution is 2.14. The lowest BCUT2D eigenvalue weighted by atomic mass is 10.2. The molecule has 0 saturated carbocycles. The fraction of sp³-hybridized carbons (Fsp3) is 0.800. The standard InChI is InChI=1S/C10H19NO2S/c1-10(2,3)14(12)11-8-9-6-4-5-7-13-9/h5,7,9,11H,4,6,8H2,1-3H3/t9-,14+/m0/s1. The van der Waals surface area contributed by atoms with Gasteiger partial charge in [-0.3, -0.25) is 0 Å². The second-order valence-corrected chi connectivity index (χ2v) is 6.49. The molecule has 1 heterocycles. The Kier molecular flexibility index (Phi) is 4.29. The molecule has 82 valence electrons. The van der Waals surface area contributed by atoms with Gasteiger partial charge in [0, 0.05) is 11.4 Å². The molecule has 1 rings (SSSR count). The Morgan fingerprint density at radius 3 is 2.79 bits per heavy atom. The summed E-state index contributed by atoms with van der Waals surface area (Å²) in [5, 5.41) is 0. The predicted molar refractivity (Wildman–Crippen MR) is 59.1 cm³/mol. The minimum absolute atomic E-state index is 0.172. The number of hydrogen-bond acceptors (Lipinski definition) is 3. The van der Waals surface area contributed by atoms with Crippen molar-refractivity contribution >= 4 is 11.4 Å². The van der Waals surface area contributed by atoms with Gasteiger partial charge in [0.15, 0.2) is 0 Å². The fourth-order valence-electron chi connectivity index (χ4n) is 1.12. The molecule has 0 fully saturated rings. The molecule has 0 unspecified atom stereocenters. The van der Waals surface area contributed by atoms with Gasteiger partial charge in [0.05, 0.1) is 12.8 Å². The SMILES string of the molecule is CC(C)(C)[S@@+]([O-])NC[C@@H]1CCC=CO1. The Morgan fingerprint density at radius 1 is 1.57 bits per heavy atom. The topological polar surface area (TPSA) is 44.3 Å². The number of hydrogen-bond donors (Lipinski definition) is 1. The highest BCUT2D eigenvalue weighted by Gasteiger charge is 2.27. The van der Waals surface area contributed by atoms with Gasteiger partial charge in [-0.25, -0.2) is 0 Å². The van der Waals surface area contributed by atoms with Crippen LogP contribution in [0.1, 0.15) is 33.6 Å². The summed E-state index contributed by atoms with van der Waals surface area (Å²) in [6, 6.07) is 0. The van der Waals surface area contributed by atoms with Crippen LogP contribution in [0.5, 0.6) is 0 Å². The maximum absolute atomic E-state index is 11.6.